The number of aliphatic carboxylic acids is 1. The number of rotatable bonds is 4. The van der Waals surface area contributed by atoms with E-state index in [2.05, 4.69) is 4.74 Å². The first kappa shape index (κ1) is 21.6. The van der Waals surface area contributed by atoms with E-state index in [1.165, 1.54) is 6.07 Å². The molecule has 1 aliphatic heterocycles. The number of ether oxygens (including phenoxy) is 2. The van der Waals surface area contributed by atoms with E-state index in [9.17, 15) is 38.8 Å². The molecule has 30 heavy (non-hydrogen) atoms. The van der Waals surface area contributed by atoms with E-state index in [1.54, 1.807) is 0 Å². The number of carboxylic acids is 1. The third-order valence-corrected chi connectivity index (χ3v) is 4.51. The normalized spacial score (nSPS) is 26.2. The van der Waals surface area contributed by atoms with Crippen LogP contribution < -0.4 is 0 Å². The van der Waals surface area contributed by atoms with Crippen LogP contribution in [0.25, 0.3) is 11.1 Å². The average molecular weight is 426 g/mol. The van der Waals surface area contributed by atoms with Gasteiger partial charge in [-0.05, 0) is 29.8 Å². The number of carboxylic acid groups (broad SMARTS) is 1. The molecule has 0 aromatic heterocycles. The molecule has 11 heteroatoms. The summed E-state index contributed by atoms with van der Waals surface area (Å²) in [6.07, 6.45) is -9.96. The molecule has 0 aliphatic carbocycles. The lowest BCUT2D eigenvalue weighted by Crippen LogP contribution is -2.60. The molecule has 5 atom stereocenters. The summed E-state index contributed by atoms with van der Waals surface area (Å²) in [5.41, 5.74) is -0.485. The maximum atomic E-state index is 14.0. The number of aliphatic hydroxyl groups excluding tert-OH is 3. The molecule has 9 nitrogen and oxygen atoms in total. The van der Waals surface area contributed by atoms with Crippen molar-refractivity contribution in [2.75, 3.05) is 0 Å². The van der Waals surface area contributed by atoms with Gasteiger partial charge in [-0.1, -0.05) is 6.07 Å². The van der Waals surface area contributed by atoms with Crippen molar-refractivity contribution in [1.82, 2.24) is 0 Å². The highest BCUT2D eigenvalue weighted by molar-refractivity contribution is 5.94. The van der Waals surface area contributed by atoms with Gasteiger partial charge >= 0.3 is 11.9 Å². The summed E-state index contributed by atoms with van der Waals surface area (Å²) in [4.78, 5) is 23.4. The quantitative estimate of drug-likeness (QED) is 0.437. The molecule has 0 spiro atoms. The van der Waals surface area contributed by atoms with Crippen molar-refractivity contribution in [2.45, 2.75) is 30.7 Å². The molecule has 1 fully saturated rings. The fourth-order valence-corrected chi connectivity index (χ4v) is 2.96. The smallest absolute Gasteiger partial charge is 0.342 e. The maximum absolute atomic E-state index is 14.0. The van der Waals surface area contributed by atoms with Crippen LogP contribution in [0.3, 0.4) is 0 Å². The molecule has 0 bridgehead atoms. The lowest BCUT2D eigenvalue weighted by atomic mass is 9.98. The molecule has 1 heterocycles. The van der Waals surface area contributed by atoms with Crippen LogP contribution in [0.15, 0.2) is 36.4 Å². The molecule has 160 valence electrons. The number of carbonyl (C=O) groups excluding carboxylic acids is 1. The predicted molar refractivity (Wildman–Crippen MR) is 93.2 cm³/mol. The molecule has 0 unspecified atom stereocenters. The van der Waals surface area contributed by atoms with Crippen LogP contribution in [0, 0.1) is 11.6 Å². The minimum atomic E-state index is -2.09. The number of esters is 1. The van der Waals surface area contributed by atoms with Crippen molar-refractivity contribution in [2.24, 2.45) is 0 Å². The molecule has 2 aromatic rings. The van der Waals surface area contributed by atoms with Crippen molar-refractivity contribution in [3.63, 3.8) is 0 Å². The third kappa shape index (κ3) is 4.09. The number of carbonyl (C=O) groups is 2. The van der Waals surface area contributed by atoms with Crippen molar-refractivity contribution in [3.8, 4) is 16.9 Å². The van der Waals surface area contributed by atoms with Gasteiger partial charge < -0.3 is 35.0 Å². The lowest BCUT2D eigenvalue weighted by Gasteiger charge is -2.38. The fraction of sp³-hybridized carbons (Fsp3) is 0.263. The Morgan fingerprint density at radius 2 is 1.70 bits per heavy atom. The molecule has 1 aliphatic rings. The second-order valence-corrected chi connectivity index (χ2v) is 6.49. The number of phenols is 1. The van der Waals surface area contributed by atoms with Gasteiger partial charge in [0.15, 0.2) is 18.5 Å². The summed E-state index contributed by atoms with van der Waals surface area (Å²) < 4.78 is 36.7. The molecular weight excluding hydrogens is 410 g/mol. The predicted octanol–water partition coefficient (Wildman–Crippen LogP) is 0.386. The van der Waals surface area contributed by atoms with Crippen LogP contribution in [-0.4, -0.2) is 68.2 Å². The highest BCUT2D eigenvalue weighted by Gasteiger charge is 2.49. The Hall–Kier alpha value is -3.12. The molecule has 1 saturated heterocycles. The summed E-state index contributed by atoms with van der Waals surface area (Å²) >= 11 is 0. The number of hydrogen-bond donors (Lipinski definition) is 5. The first-order valence-corrected chi connectivity index (χ1v) is 8.52. The van der Waals surface area contributed by atoms with E-state index in [1.807, 2.05) is 0 Å². The van der Waals surface area contributed by atoms with Crippen LogP contribution in [0.2, 0.25) is 0 Å². The highest BCUT2D eigenvalue weighted by Crippen LogP contribution is 2.30. The van der Waals surface area contributed by atoms with Gasteiger partial charge in [0, 0.05) is 11.6 Å². The van der Waals surface area contributed by atoms with Gasteiger partial charge in [0.05, 0.1) is 0 Å². The Labute approximate surface area is 167 Å². The Bertz CT molecular complexity index is 980. The Balaban J connectivity index is 1.86. The van der Waals surface area contributed by atoms with Crippen molar-refractivity contribution >= 4 is 11.9 Å². The Morgan fingerprint density at radius 3 is 2.33 bits per heavy atom. The van der Waals surface area contributed by atoms with Crippen LogP contribution in [-0.2, 0) is 14.3 Å². The number of phenolic OH excluding ortho intramolecular Hbond substituents is 1. The van der Waals surface area contributed by atoms with Crippen molar-refractivity contribution < 1.29 is 53.4 Å². The second kappa shape index (κ2) is 8.32. The zero-order valence-corrected chi connectivity index (χ0v) is 15.0. The van der Waals surface area contributed by atoms with Gasteiger partial charge in [-0.15, -0.1) is 0 Å². The highest BCUT2D eigenvalue weighted by atomic mass is 19.1. The van der Waals surface area contributed by atoms with E-state index in [0.29, 0.717) is 6.07 Å². The minimum absolute atomic E-state index is 0.0776. The number of aliphatic hydroxyl groups is 3. The summed E-state index contributed by atoms with van der Waals surface area (Å²) in [5, 5.41) is 48.5. The summed E-state index contributed by atoms with van der Waals surface area (Å²) in [5.74, 6) is -5.26. The summed E-state index contributed by atoms with van der Waals surface area (Å²) in [6.45, 7) is 0. The fourth-order valence-electron chi connectivity index (χ4n) is 2.96. The number of hydrogen-bond acceptors (Lipinski definition) is 8. The van der Waals surface area contributed by atoms with E-state index in [4.69, 9.17) is 9.84 Å². The molecule has 2 aromatic carbocycles. The first-order valence-electron chi connectivity index (χ1n) is 8.52. The molecular formula is C19H16F2O9. The van der Waals surface area contributed by atoms with Crippen LogP contribution in [0.4, 0.5) is 8.78 Å². The topological polar surface area (TPSA) is 154 Å². The van der Waals surface area contributed by atoms with Gasteiger partial charge in [0.2, 0.25) is 0 Å². The molecule has 0 saturated carbocycles. The van der Waals surface area contributed by atoms with Gasteiger partial charge in [-0.2, -0.15) is 0 Å². The van der Waals surface area contributed by atoms with Gasteiger partial charge in [-0.3, -0.25) is 0 Å². The van der Waals surface area contributed by atoms with Crippen molar-refractivity contribution in [1.29, 1.82) is 0 Å². The molecule has 0 radical (unpaired) electrons. The number of halogens is 2. The number of benzene rings is 2. The SMILES string of the molecule is O=C(O[C@@H]1[C@@H](O)[C@H](O)[C@@H](C(=O)O)O[C@@H]1O)c1cc(-c2ccc(F)cc2F)ccc1O. The van der Waals surface area contributed by atoms with Gasteiger partial charge in [0.25, 0.3) is 0 Å². The van der Waals surface area contributed by atoms with Crippen molar-refractivity contribution in [3.05, 3.63) is 53.6 Å². The van der Waals surface area contributed by atoms with Crippen LogP contribution in [0.1, 0.15) is 10.4 Å². The molecule has 3 rings (SSSR count). The average Bonchev–Trinajstić information content (AvgIpc) is 2.68. The van der Waals surface area contributed by atoms with Crippen LogP contribution in [0.5, 0.6) is 5.75 Å². The first-order chi connectivity index (χ1) is 14.1. The zero-order valence-electron chi connectivity index (χ0n) is 15.0. The maximum Gasteiger partial charge on any atom is 0.342 e. The monoisotopic (exact) mass is 426 g/mol. The van der Waals surface area contributed by atoms with Crippen LogP contribution >= 0.6 is 0 Å². The van der Waals surface area contributed by atoms with E-state index < -0.39 is 65.6 Å². The van der Waals surface area contributed by atoms with E-state index in [0.717, 1.165) is 24.3 Å². The molecule has 0 amide bonds. The third-order valence-electron chi connectivity index (χ3n) is 4.51. The summed E-state index contributed by atoms with van der Waals surface area (Å²) in [7, 11) is 0. The summed E-state index contributed by atoms with van der Waals surface area (Å²) in [6, 6.07) is 6.09. The zero-order chi connectivity index (χ0) is 22.2. The largest absolute Gasteiger partial charge is 0.507 e. The van der Waals surface area contributed by atoms with Gasteiger partial charge in [0.1, 0.15) is 35.2 Å². The molecule has 5 N–H and O–H groups in total. The Morgan fingerprint density at radius 1 is 1.00 bits per heavy atom. The van der Waals surface area contributed by atoms with Gasteiger partial charge in [-0.25, -0.2) is 18.4 Å². The number of aromatic hydroxyl groups is 1. The second-order valence-electron chi connectivity index (χ2n) is 6.49. The van der Waals surface area contributed by atoms with E-state index in [-0.39, 0.29) is 11.1 Å². The minimum Gasteiger partial charge on any atom is -0.507 e. The lowest BCUT2D eigenvalue weighted by molar-refractivity contribution is -0.279. The Kier molecular flexibility index (Phi) is 5.99. The van der Waals surface area contributed by atoms with E-state index >= 15 is 0 Å². The standard InChI is InChI=1S/C19H16F2O9/c20-8-2-3-9(11(21)6-8)7-1-4-12(22)10(5-7)18(27)30-16-14(24)13(23)15(17(25)26)29-19(16)28/h1-6,13-16,19,22-24,28H,(H,25,26)/t13-,14-,15-,16+,19-/m0/s1.